The van der Waals surface area contributed by atoms with Gasteiger partial charge in [0.1, 0.15) is 11.6 Å². The van der Waals surface area contributed by atoms with E-state index in [0.29, 0.717) is 5.13 Å². The quantitative estimate of drug-likeness (QED) is 0.307. The molecule has 0 unspecified atom stereocenters. The minimum Gasteiger partial charge on any atom is -0.372 e. The van der Waals surface area contributed by atoms with Crippen LogP contribution < -0.4 is 10.2 Å². The van der Waals surface area contributed by atoms with Crippen molar-refractivity contribution >= 4 is 27.8 Å². The zero-order chi connectivity index (χ0) is 22.5. The van der Waals surface area contributed by atoms with Crippen LogP contribution in [0.5, 0.6) is 0 Å². The fourth-order valence-corrected chi connectivity index (χ4v) is 4.69. The highest BCUT2D eigenvalue weighted by Crippen LogP contribution is 2.35. The predicted octanol–water partition coefficient (Wildman–Crippen LogP) is 7.27. The van der Waals surface area contributed by atoms with Crippen molar-refractivity contribution in [2.45, 2.75) is 20.3 Å². The van der Waals surface area contributed by atoms with Crippen LogP contribution in [0, 0.1) is 11.6 Å². The van der Waals surface area contributed by atoms with Gasteiger partial charge in [-0.2, -0.15) is 0 Å². The molecule has 0 aliphatic carbocycles. The SMILES string of the molecule is CCN(CC)c1ccc(-c2nc(Nc3ccc(F)cc3F)sc2Cc2ccccc2)cc1. The van der Waals surface area contributed by atoms with E-state index in [0.717, 1.165) is 41.7 Å². The highest BCUT2D eigenvalue weighted by Gasteiger charge is 2.16. The predicted molar refractivity (Wildman–Crippen MR) is 130 cm³/mol. The molecule has 4 rings (SSSR count). The molecule has 3 nitrogen and oxygen atoms in total. The highest BCUT2D eigenvalue weighted by atomic mass is 32.1. The lowest BCUT2D eigenvalue weighted by atomic mass is 10.1. The van der Waals surface area contributed by atoms with Crippen LogP contribution in [0.4, 0.5) is 25.3 Å². The third kappa shape index (κ3) is 4.97. The number of rotatable bonds is 8. The summed E-state index contributed by atoms with van der Waals surface area (Å²) in [6, 6.07) is 22.1. The Bertz CT molecular complexity index is 1170. The van der Waals surface area contributed by atoms with E-state index in [1.807, 2.05) is 18.2 Å². The number of hydrogen-bond donors (Lipinski definition) is 1. The van der Waals surface area contributed by atoms with Gasteiger partial charge in [0.25, 0.3) is 0 Å². The summed E-state index contributed by atoms with van der Waals surface area (Å²) in [5.74, 6) is -1.25. The van der Waals surface area contributed by atoms with E-state index in [1.165, 1.54) is 34.7 Å². The molecule has 0 saturated carbocycles. The van der Waals surface area contributed by atoms with Gasteiger partial charge in [-0.15, -0.1) is 11.3 Å². The third-order valence-corrected chi connectivity index (χ3v) is 6.32. The van der Waals surface area contributed by atoms with Crippen molar-refractivity contribution in [2.75, 3.05) is 23.3 Å². The molecule has 0 amide bonds. The lowest BCUT2D eigenvalue weighted by Crippen LogP contribution is -2.21. The summed E-state index contributed by atoms with van der Waals surface area (Å²) in [6.45, 7) is 6.18. The summed E-state index contributed by atoms with van der Waals surface area (Å²) < 4.78 is 27.4. The third-order valence-electron chi connectivity index (χ3n) is 5.35. The van der Waals surface area contributed by atoms with Crippen LogP contribution in [0.3, 0.4) is 0 Å². The van der Waals surface area contributed by atoms with E-state index in [4.69, 9.17) is 4.98 Å². The van der Waals surface area contributed by atoms with Gasteiger partial charge in [-0.25, -0.2) is 13.8 Å². The Morgan fingerprint density at radius 2 is 1.62 bits per heavy atom. The molecule has 164 valence electrons. The Kier molecular flexibility index (Phi) is 6.81. The molecule has 0 aliphatic heterocycles. The minimum absolute atomic E-state index is 0.204. The van der Waals surface area contributed by atoms with Crippen LogP contribution in [0.2, 0.25) is 0 Å². The zero-order valence-corrected chi connectivity index (χ0v) is 18.9. The Morgan fingerprint density at radius 3 is 2.28 bits per heavy atom. The molecule has 0 atom stereocenters. The molecule has 0 saturated heterocycles. The standard InChI is InChI=1S/C26H25F2N3S/c1-3-31(4-2)21-13-10-19(11-14-21)25-24(16-18-8-6-5-7-9-18)32-26(30-25)29-23-15-12-20(27)17-22(23)28/h5-15,17H,3-4,16H2,1-2H3,(H,29,30). The molecule has 0 aliphatic rings. The molecule has 6 heteroatoms. The van der Waals surface area contributed by atoms with Gasteiger partial charge in [-0.1, -0.05) is 42.5 Å². The van der Waals surface area contributed by atoms with E-state index in [1.54, 1.807) is 0 Å². The van der Waals surface area contributed by atoms with Crippen molar-refractivity contribution in [1.29, 1.82) is 0 Å². The zero-order valence-electron chi connectivity index (χ0n) is 18.1. The number of benzene rings is 3. The molecule has 0 radical (unpaired) electrons. The summed E-state index contributed by atoms with van der Waals surface area (Å²) in [7, 11) is 0. The first-order valence-corrected chi connectivity index (χ1v) is 11.5. The molecule has 4 aromatic rings. The maximum Gasteiger partial charge on any atom is 0.188 e. The van der Waals surface area contributed by atoms with Crippen molar-refractivity contribution in [2.24, 2.45) is 0 Å². The molecule has 3 aromatic carbocycles. The molecule has 0 bridgehead atoms. The van der Waals surface area contributed by atoms with Crippen molar-refractivity contribution in [3.05, 3.63) is 94.9 Å². The first-order valence-electron chi connectivity index (χ1n) is 10.7. The second-order valence-electron chi connectivity index (χ2n) is 7.42. The van der Waals surface area contributed by atoms with Gasteiger partial charge in [0, 0.05) is 41.7 Å². The van der Waals surface area contributed by atoms with E-state index in [2.05, 4.69) is 60.5 Å². The van der Waals surface area contributed by atoms with Gasteiger partial charge in [0.15, 0.2) is 5.13 Å². The monoisotopic (exact) mass is 449 g/mol. The van der Waals surface area contributed by atoms with Crippen LogP contribution in [0.15, 0.2) is 72.8 Å². The van der Waals surface area contributed by atoms with Gasteiger partial charge < -0.3 is 10.2 Å². The van der Waals surface area contributed by atoms with E-state index >= 15 is 0 Å². The second-order valence-corrected chi connectivity index (χ2v) is 8.51. The average Bonchev–Trinajstić information content (AvgIpc) is 3.20. The smallest absolute Gasteiger partial charge is 0.188 e. The number of nitrogens with one attached hydrogen (secondary N) is 1. The Balaban J connectivity index is 1.69. The van der Waals surface area contributed by atoms with Gasteiger partial charge in [0.05, 0.1) is 11.4 Å². The van der Waals surface area contributed by atoms with Crippen LogP contribution in [-0.2, 0) is 6.42 Å². The fourth-order valence-electron chi connectivity index (χ4n) is 3.66. The first-order chi connectivity index (χ1) is 15.6. The Morgan fingerprint density at radius 1 is 0.906 bits per heavy atom. The van der Waals surface area contributed by atoms with Crippen molar-refractivity contribution in [3.8, 4) is 11.3 Å². The minimum atomic E-state index is -0.644. The highest BCUT2D eigenvalue weighted by molar-refractivity contribution is 7.16. The summed E-state index contributed by atoms with van der Waals surface area (Å²) in [6.07, 6.45) is 0.721. The summed E-state index contributed by atoms with van der Waals surface area (Å²) in [4.78, 5) is 8.16. The normalized spacial score (nSPS) is 10.9. The molecule has 1 heterocycles. The van der Waals surface area contributed by atoms with E-state index < -0.39 is 11.6 Å². The molecule has 32 heavy (non-hydrogen) atoms. The Labute approximate surface area is 191 Å². The van der Waals surface area contributed by atoms with Gasteiger partial charge in [0.2, 0.25) is 0 Å². The number of thiazole rings is 1. The van der Waals surface area contributed by atoms with Crippen molar-refractivity contribution in [1.82, 2.24) is 4.98 Å². The summed E-state index contributed by atoms with van der Waals surface area (Å²) >= 11 is 1.48. The van der Waals surface area contributed by atoms with E-state index in [-0.39, 0.29) is 5.69 Å². The number of aromatic nitrogens is 1. The van der Waals surface area contributed by atoms with Crippen LogP contribution >= 0.6 is 11.3 Å². The Hall–Kier alpha value is -3.25. The van der Waals surface area contributed by atoms with Gasteiger partial charge in [-0.05, 0) is 43.7 Å². The molecule has 1 aromatic heterocycles. The summed E-state index contributed by atoms with van der Waals surface area (Å²) in [5.41, 5.74) is 4.43. The molecule has 0 fully saturated rings. The molecular weight excluding hydrogens is 424 g/mol. The second kappa shape index (κ2) is 9.92. The molecule has 0 spiro atoms. The first kappa shape index (κ1) is 22.0. The topological polar surface area (TPSA) is 28.2 Å². The number of anilines is 3. The number of hydrogen-bond acceptors (Lipinski definition) is 4. The van der Waals surface area contributed by atoms with Crippen LogP contribution in [0.1, 0.15) is 24.3 Å². The largest absolute Gasteiger partial charge is 0.372 e. The van der Waals surface area contributed by atoms with Crippen LogP contribution in [-0.4, -0.2) is 18.1 Å². The maximum atomic E-state index is 14.2. The summed E-state index contributed by atoms with van der Waals surface area (Å²) in [5, 5.41) is 3.59. The molecule has 1 N–H and O–H groups in total. The average molecular weight is 450 g/mol. The lowest BCUT2D eigenvalue weighted by Gasteiger charge is -2.21. The van der Waals surface area contributed by atoms with Gasteiger partial charge >= 0.3 is 0 Å². The van der Waals surface area contributed by atoms with Crippen molar-refractivity contribution < 1.29 is 8.78 Å². The number of halogens is 2. The number of nitrogens with zero attached hydrogens (tertiary/aromatic N) is 2. The fraction of sp³-hybridized carbons (Fsp3) is 0.192. The lowest BCUT2D eigenvalue weighted by molar-refractivity contribution is 0.586. The van der Waals surface area contributed by atoms with E-state index in [9.17, 15) is 8.78 Å². The van der Waals surface area contributed by atoms with Crippen molar-refractivity contribution in [3.63, 3.8) is 0 Å². The molecular formula is C26H25F2N3S. The van der Waals surface area contributed by atoms with Gasteiger partial charge in [-0.3, -0.25) is 0 Å². The maximum absolute atomic E-state index is 14.2. The van der Waals surface area contributed by atoms with Crippen LogP contribution in [0.25, 0.3) is 11.3 Å².